The first kappa shape index (κ1) is 11.9. The first-order chi connectivity index (χ1) is 8.13. The van der Waals surface area contributed by atoms with E-state index in [4.69, 9.17) is 5.26 Å². The molecule has 0 bridgehead atoms. The van der Waals surface area contributed by atoms with Crippen molar-refractivity contribution in [3.63, 3.8) is 0 Å². The molecular weight excluding hydrogens is 215 g/mol. The molecule has 1 aliphatic heterocycles. The van der Waals surface area contributed by atoms with Crippen molar-refractivity contribution in [3.05, 3.63) is 29.6 Å². The molecule has 0 radical (unpaired) electrons. The third-order valence-corrected chi connectivity index (χ3v) is 3.78. The summed E-state index contributed by atoms with van der Waals surface area (Å²) in [5, 5.41) is 9.03. The Morgan fingerprint density at radius 1 is 1.35 bits per heavy atom. The van der Waals surface area contributed by atoms with Gasteiger partial charge in [-0.05, 0) is 30.4 Å². The molecule has 0 spiro atoms. The van der Waals surface area contributed by atoms with Crippen LogP contribution in [0, 0.1) is 29.0 Å². The number of hydrogen-bond acceptors (Lipinski definition) is 2. The summed E-state index contributed by atoms with van der Waals surface area (Å²) in [7, 11) is 0. The van der Waals surface area contributed by atoms with Crippen LogP contribution in [0.1, 0.15) is 25.8 Å². The van der Waals surface area contributed by atoms with Gasteiger partial charge in [-0.25, -0.2) is 4.39 Å². The van der Waals surface area contributed by atoms with Crippen molar-refractivity contribution < 1.29 is 4.39 Å². The molecule has 2 rings (SSSR count). The summed E-state index contributed by atoms with van der Waals surface area (Å²) < 4.78 is 13.5. The number of nitrogens with zero attached hydrogens (tertiary/aromatic N) is 2. The predicted octanol–water partition coefficient (Wildman–Crippen LogP) is 3.18. The maximum absolute atomic E-state index is 13.5. The molecule has 0 N–H and O–H groups in total. The van der Waals surface area contributed by atoms with Gasteiger partial charge in [-0.15, -0.1) is 0 Å². The van der Waals surface area contributed by atoms with Gasteiger partial charge in [0, 0.05) is 13.1 Å². The molecule has 1 saturated heterocycles. The average Bonchev–Trinajstić information content (AvgIpc) is 2.32. The van der Waals surface area contributed by atoms with E-state index in [9.17, 15) is 4.39 Å². The van der Waals surface area contributed by atoms with Gasteiger partial charge in [-0.3, -0.25) is 0 Å². The molecule has 2 atom stereocenters. The topological polar surface area (TPSA) is 27.0 Å². The quantitative estimate of drug-likeness (QED) is 0.743. The van der Waals surface area contributed by atoms with Crippen LogP contribution in [0.3, 0.4) is 0 Å². The summed E-state index contributed by atoms with van der Waals surface area (Å²) in [6, 6.07) is 6.83. The second-order valence-corrected chi connectivity index (χ2v) is 4.94. The number of benzene rings is 1. The van der Waals surface area contributed by atoms with E-state index in [1.54, 1.807) is 6.07 Å². The zero-order valence-corrected chi connectivity index (χ0v) is 10.3. The first-order valence-corrected chi connectivity index (χ1v) is 6.07. The normalized spacial score (nSPS) is 24.5. The van der Waals surface area contributed by atoms with E-state index >= 15 is 0 Å². The lowest BCUT2D eigenvalue weighted by Gasteiger charge is -2.37. The van der Waals surface area contributed by atoms with E-state index < -0.39 is 5.82 Å². The van der Waals surface area contributed by atoms with Crippen molar-refractivity contribution in [1.82, 2.24) is 0 Å². The van der Waals surface area contributed by atoms with Crippen LogP contribution in [0.25, 0.3) is 0 Å². The number of nitriles is 1. The third-order valence-electron chi connectivity index (χ3n) is 3.78. The minimum absolute atomic E-state index is 0.175. The van der Waals surface area contributed by atoms with E-state index in [0.717, 1.165) is 25.2 Å². The summed E-state index contributed by atoms with van der Waals surface area (Å²) in [6.07, 6.45) is 1.10. The molecular formula is C14H17FN2. The molecule has 1 aromatic rings. The minimum atomic E-state index is -0.420. The zero-order chi connectivity index (χ0) is 12.4. The molecule has 2 unspecified atom stereocenters. The highest BCUT2D eigenvalue weighted by Gasteiger charge is 2.24. The maximum atomic E-state index is 13.5. The van der Waals surface area contributed by atoms with Gasteiger partial charge in [0.1, 0.15) is 17.4 Å². The minimum Gasteiger partial charge on any atom is -0.370 e. The lowest BCUT2D eigenvalue weighted by atomic mass is 9.88. The molecule has 3 heteroatoms. The molecule has 1 aromatic carbocycles. The van der Waals surface area contributed by atoms with Gasteiger partial charge in [0.05, 0.1) is 5.69 Å². The Kier molecular flexibility index (Phi) is 3.33. The molecule has 0 amide bonds. The molecule has 1 aliphatic rings. The van der Waals surface area contributed by atoms with Crippen LogP contribution >= 0.6 is 0 Å². The van der Waals surface area contributed by atoms with Crippen LogP contribution in [-0.2, 0) is 0 Å². The Morgan fingerprint density at radius 3 is 2.76 bits per heavy atom. The Bertz CT molecular complexity index is 450. The van der Waals surface area contributed by atoms with Crippen LogP contribution in [0.15, 0.2) is 18.2 Å². The van der Waals surface area contributed by atoms with Gasteiger partial charge < -0.3 is 4.90 Å². The first-order valence-electron chi connectivity index (χ1n) is 6.07. The molecule has 0 aromatic heterocycles. The highest BCUT2D eigenvalue weighted by molar-refractivity contribution is 5.60. The molecule has 90 valence electrons. The van der Waals surface area contributed by atoms with E-state index in [0.29, 0.717) is 11.8 Å². The Morgan fingerprint density at radius 2 is 2.12 bits per heavy atom. The van der Waals surface area contributed by atoms with Gasteiger partial charge >= 0.3 is 0 Å². The smallest absolute Gasteiger partial charge is 0.143 e. The van der Waals surface area contributed by atoms with Crippen molar-refractivity contribution in [2.24, 2.45) is 11.8 Å². The van der Waals surface area contributed by atoms with Crippen molar-refractivity contribution in [2.45, 2.75) is 20.3 Å². The average molecular weight is 232 g/mol. The highest BCUT2D eigenvalue weighted by atomic mass is 19.1. The fraction of sp³-hybridized carbons (Fsp3) is 0.500. The lowest BCUT2D eigenvalue weighted by molar-refractivity contribution is 0.323. The van der Waals surface area contributed by atoms with Crippen molar-refractivity contribution in [2.75, 3.05) is 18.0 Å². The van der Waals surface area contributed by atoms with Crippen LogP contribution in [-0.4, -0.2) is 13.1 Å². The standard InChI is InChI=1S/C14H17FN2/c1-10-6-7-17(9-11(10)2)14-5-3-4-13(15)12(14)8-16/h3-5,10-11H,6-7,9H2,1-2H3. The summed E-state index contributed by atoms with van der Waals surface area (Å²) in [5.41, 5.74) is 0.917. The van der Waals surface area contributed by atoms with E-state index in [1.807, 2.05) is 12.1 Å². The Hall–Kier alpha value is -1.56. The van der Waals surface area contributed by atoms with Gasteiger partial charge in [-0.2, -0.15) is 5.26 Å². The Balaban J connectivity index is 2.29. The maximum Gasteiger partial charge on any atom is 0.143 e. The lowest BCUT2D eigenvalue weighted by Crippen LogP contribution is -2.38. The van der Waals surface area contributed by atoms with Crippen molar-refractivity contribution in [3.8, 4) is 6.07 Å². The van der Waals surface area contributed by atoms with Crippen molar-refractivity contribution in [1.29, 1.82) is 5.26 Å². The SMILES string of the molecule is CC1CCN(c2cccc(F)c2C#N)CC1C. The van der Waals surface area contributed by atoms with Gasteiger partial charge in [-0.1, -0.05) is 19.9 Å². The van der Waals surface area contributed by atoms with Crippen LogP contribution in [0.5, 0.6) is 0 Å². The van der Waals surface area contributed by atoms with Gasteiger partial charge in [0.15, 0.2) is 0 Å². The molecule has 1 heterocycles. The van der Waals surface area contributed by atoms with Gasteiger partial charge in [0.2, 0.25) is 0 Å². The second kappa shape index (κ2) is 4.75. The Labute approximate surface area is 102 Å². The van der Waals surface area contributed by atoms with Crippen LogP contribution in [0.2, 0.25) is 0 Å². The fourth-order valence-corrected chi connectivity index (χ4v) is 2.37. The summed E-state index contributed by atoms with van der Waals surface area (Å²) in [5.74, 6) is 0.861. The summed E-state index contributed by atoms with van der Waals surface area (Å²) >= 11 is 0. The monoisotopic (exact) mass is 232 g/mol. The molecule has 0 saturated carbocycles. The fourth-order valence-electron chi connectivity index (χ4n) is 2.37. The summed E-state index contributed by atoms with van der Waals surface area (Å²) in [4.78, 5) is 2.13. The number of piperidine rings is 1. The number of halogens is 1. The van der Waals surface area contributed by atoms with Crippen LogP contribution < -0.4 is 4.90 Å². The second-order valence-electron chi connectivity index (χ2n) is 4.94. The van der Waals surface area contributed by atoms with Crippen LogP contribution in [0.4, 0.5) is 10.1 Å². The number of hydrogen-bond donors (Lipinski definition) is 0. The number of anilines is 1. The highest BCUT2D eigenvalue weighted by Crippen LogP contribution is 2.29. The number of rotatable bonds is 1. The van der Waals surface area contributed by atoms with Gasteiger partial charge in [0.25, 0.3) is 0 Å². The molecule has 1 fully saturated rings. The summed E-state index contributed by atoms with van der Waals surface area (Å²) in [6.45, 7) is 6.27. The molecule has 17 heavy (non-hydrogen) atoms. The molecule has 0 aliphatic carbocycles. The zero-order valence-electron chi connectivity index (χ0n) is 10.3. The van der Waals surface area contributed by atoms with Crippen molar-refractivity contribution >= 4 is 5.69 Å². The largest absolute Gasteiger partial charge is 0.370 e. The predicted molar refractivity (Wildman–Crippen MR) is 66.3 cm³/mol. The van der Waals surface area contributed by atoms with E-state index in [2.05, 4.69) is 18.7 Å². The van der Waals surface area contributed by atoms with E-state index in [1.165, 1.54) is 6.07 Å². The molecule has 2 nitrogen and oxygen atoms in total. The van der Waals surface area contributed by atoms with E-state index in [-0.39, 0.29) is 5.56 Å². The third kappa shape index (κ3) is 2.26.